The van der Waals surface area contributed by atoms with Gasteiger partial charge in [-0.1, -0.05) is 0 Å². The van der Waals surface area contributed by atoms with E-state index in [1.807, 2.05) is 0 Å². The third-order valence-corrected chi connectivity index (χ3v) is 0.348. The fourth-order valence-corrected chi connectivity index (χ4v) is 0.203. The average molecular weight is 146 g/mol. The molecule has 4 nitrogen and oxygen atoms in total. The van der Waals surface area contributed by atoms with Gasteiger partial charge < -0.3 is 15.7 Å². The summed E-state index contributed by atoms with van der Waals surface area (Å²) in [6, 6.07) is 0. The minimum atomic E-state index is -0.211. The minimum absolute atomic E-state index is 0. The Balaban J connectivity index is -0.0000000417. The van der Waals surface area contributed by atoms with Crippen LogP contribution >= 0.6 is 0 Å². The maximum atomic E-state index is 9.82. The van der Waals surface area contributed by atoms with Crippen LogP contribution in [0.25, 0.3) is 0 Å². The summed E-state index contributed by atoms with van der Waals surface area (Å²) in [6.07, 6.45) is 0. The predicted octanol–water partition coefficient (Wildman–Crippen LogP) is -0.165. The van der Waals surface area contributed by atoms with Crippen LogP contribution in [0.2, 0.25) is 0 Å². The zero-order valence-electron chi connectivity index (χ0n) is 5.63. The monoisotopic (exact) mass is 146 g/mol. The van der Waals surface area contributed by atoms with E-state index >= 15 is 0 Å². The van der Waals surface area contributed by atoms with Crippen LogP contribution in [0, 0.1) is 0 Å². The Labute approximate surface area is 70.3 Å². The summed E-state index contributed by atoms with van der Waals surface area (Å²) in [5, 5.41) is 0. The molecule has 9 heavy (non-hydrogen) atoms. The molecule has 0 saturated carbocycles. The van der Waals surface area contributed by atoms with Crippen LogP contribution in [0.4, 0.5) is 0 Å². The topological polar surface area (TPSA) is 86.3 Å². The molecule has 0 atom stereocenters. The molecule has 0 fully saturated rings. The van der Waals surface area contributed by atoms with Crippen LogP contribution in [-0.2, 0) is 9.53 Å². The molecule has 5 heteroatoms. The van der Waals surface area contributed by atoms with Crippen molar-refractivity contribution in [3.8, 4) is 0 Å². The van der Waals surface area contributed by atoms with Gasteiger partial charge in [-0.2, -0.15) is 0 Å². The molecule has 0 bridgehead atoms. The molecule has 0 rings (SSSR count). The minimum Gasteiger partial charge on any atom is -0.870 e. The first-order valence-electron chi connectivity index (χ1n) is 1.90. The van der Waals surface area contributed by atoms with Crippen molar-refractivity contribution in [2.45, 2.75) is 13.8 Å². The Hall–Kier alpha value is 0.156. The Morgan fingerprint density at radius 2 is 1.78 bits per heavy atom. The van der Waals surface area contributed by atoms with Crippen LogP contribution in [-0.4, -0.2) is 46.6 Å². The average Bonchev–Trinajstić information content (AvgIpc) is 1.35. The summed E-state index contributed by atoms with van der Waals surface area (Å²) in [6.45, 7) is 3.65. The van der Waals surface area contributed by atoms with Gasteiger partial charge in [-0.05, 0) is 6.92 Å². The molecule has 0 aromatic heterocycles. The zero-order chi connectivity index (χ0) is 4.99. The second-order valence-corrected chi connectivity index (χ2v) is 0.925. The molecule has 0 aromatic carbocycles. The number of hydrogen-bond acceptors (Lipinski definition) is 4. The largest absolute Gasteiger partial charge is 2.00 e. The molecule has 0 aliphatic carbocycles. The normalized spacial score (nSPS) is 5.11. The summed E-state index contributed by atoms with van der Waals surface area (Å²) < 4.78 is 4.40. The van der Waals surface area contributed by atoms with E-state index in [1.54, 1.807) is 6.92 Å². The SMILES string of the molecule is CCOC(C)=O.[Mg+2].[OH-].[OH-]. The molecule has 0 unspecified atom stereocenters. The fraction of sp³-hybridized carbons (Fsp3) is 0.750. The predicted molar refractivity (Wildman–Crippen MR) is 31.9 cm³/mol. The molecule has 0 saturated heterocycles. The van der Waals surface area contributed by atoms with E-state index in [-0.39, 0.29) is 40.0 Å². The van der Waals surface area contributed by atoms with E-state index in [9.17, 15) is 4.79 Å². The van der Waals surface area contributed by atoms with Crippen molar-refractivity contribution in [1.29, 1.82) is 0 Å². The van der Waals surface area contributed by atoms with Gasteiger partial charge in [-0.3, -0.25) is 4.79 Å². The second kappa shape index (κ2) is 15.7. The van der Waals surface area contributed by atoms with Crippen molar-refractivity contribution in [3.05, 3.63) is 0 Å². The molecule has 0 aromatic rings. The molecule has 0 radical (unpaired) electrons. The molecule has 0 aliphatic rings. The Morgan fingerprint density at radius 3 is 1.78 bits per heavy atom. The summed E-state index contributed by atoms with van der Waals surface area (Å²) >= 11 is 0. The van der Waals surface area contributed by atoms with Crippen molar-refractivity contribution in [3.63, 3.8) is 0 Å². The van der Waals surface area contributed by atoms with Crippen LogP contribution in [0.3, 0.4) is 0 Å². The van der Waals surface area contributed by atoms with Gasteiger partial charge in [0, 0.05) is 6.92 Å². The van der Waals surface area contributed by atoms with Crippen LogP contribution in [0.1, 0.15) is 13.8 Å². The van der Waals surface area contributed by atoms with E-state index < -0.39 is 0 Å². The van der Waals surface area contributed by atoms with Crippen LogP contribution in [0.15, 0.2) is 0 Å². The number of carbonyl (C=O) groups is 1. The van der Waals surface area contributed by atoms with Gasteiger partial charge in [0.25, 0.3) is 0 Å². The van der Waals surface area contributed by atoms with E-state index in [0.717, 1.165) is 0 Å². The van der Waals surface area contributed by atoms with Crippen molar-refractivity contribution in [1.82, 2.24) is 0 Å². The van der Waals surface area contributed by atoms with Crippen LogP contribution < -0.4 is 0 Å². The van der Waals surface area contributed by atoms with Gasteiger partial charge >= 0.3 is 29.0 Å². The molecular weight excluding hydrogens is 136 g/mol. The van der Waals surface area contributed by atoms with Crippen molar-refractivity contribution in [2.24, 2.45) is 0 Å². The van der Waals surface area contributed by atoms with Gasteiger partial charge in [0.1, 0.15) is 0 Å². The first-order chi connectivity index (χ1) is 2.77. The van der Waals surface area contributed by atoms with Gasteiger partial charge in [0.05, 0.1) is 6.61 Å². The van der Waals surface area contributed by atoms with Crippen molar-refractivity contribution < 1.29 is 20.5 Å². The Morgan fingerprint density at radius 1 is 1.44 bits per heavy atom. The zero-order valence-corrected chi connectivity index (χ0v) is 7.04. The number of rotatable bonds is 1. The fourth-order valence-electron chi connectivity index (χ4n) is 0.203. The number of esters is 1. The second-order valence-electron chi connectivity index (χ2n) is 0.925. The molecule has 0 aliphatic heterocycles. The van der Waals surface area contributed by atoms with E-state index in [0.29, 0.717) is 6.61 Å². The van der Waals surface area contributed by atoms with Gasteiger partial charge in [-0.15, -0.1) is 0 Å². The molecule has 52 valence electrons. The van der Waals surface area contributed by atoms with Gasteiger partial charge in [-0.25, -0.2) is 0 Å². The first-order valence-corrected chi connectivity index (χ1v) is 1.90. The van der Waals surface area contributed by atoms with Crippen molar-refractivity contribution >= 4 is 29.0 Å². The first kappa shape index (κ1) is 22.9. The molecular formula is C4H10MgO4. The van der Waals surface area contributed by atoms with E-state index in [2.05, 4.69) is 4.74 Å². The maximum absolute atomic E-state index is 9.82. The molecule has 0 heterocycles. The summed E-state index contributed by atoms with van der Waals surface area (Å²) in [5.74, 6) is -0.211. The van der Waals surface area contributed by atoms with E-state index in [1.165, 1.54) is 6.92 Å². The van der Waals surface area contributed by atoms with Gasteiger partial charge in [0.2, 0.25) is 0 Å². The summed E-state index contributed by atoms with van der Waals surface area (Å²) in [5.41, 5.74) is 0. The van der Waals surface area contributed by atoms with Gasteiger partial charge in [0.15, 0.2) is 0 Å². The Kier molecular flexibility index (Phi) is 40.0. The summed E-state index contributed by atoms with van der Waals surface area (Å²) in [7, 11) is 0. The number of carbonyl (C=O) groups excluding carboxylic acids is 1. The summed E-state index contributed by atoms with van der Waals surface area (Å²) in [4.78, 5) is 9.82. The third kappa shape index (κ3) is 31.0. The number of ether oxygens (including phenoxy) is 1. The maximum Gasteiger partial charge on any atom is 2.00 e. The standard InChI is InChI=1S/C4H8O2.Mg.2H2O/c1-3-6-4(2)5;;;/h3H2,1-2H3;;2*1H2/q;+2;;/p-2. The van der Waals surface area contributed by atoms with Crippen molar-refractivity contribution in [2.75, 3.05) is 6.61 Å². The Bertz CT molecular complexity index is 56.5. The third-order valence-electron chi connectivity index (χ3n) is 0.348. The molecule has 0 amide bonds. The van der Waals surface area contributed by atoms with E-state index in [4.69, 9.17) is 0 Å². The quantitative estimate of drug-likeness (QED) is 0.380. The number of hydrogen-bond donors (Lipinski definition) is 0. The molecule has 2 N–H and O–H groups in total. The smallest absolute Gasteiger partial charge is 0.870 e. The van der Waals surface area contributed by atoms with Crippen LogP contribution in [0.5, 0.6) is 0 Å². The molecule has 0 spiro atoms.